The van der Waals surface area contributed by atoms with Crippen molar-refractivity contribution >= 4 is 34.0 Å². The Balaban J connectivity index is 0.00000210. The van der Waals surface area contributed by atoms with Crippen molar-refractivity contribution in [1.82, 2.24) is 4.31 Å². The van der Waals surface area contributed by atoms with Gasteiger partial charge in [-0.3, -0.25) is 0 Å². The van der Waals surface area contributed by atoms with E-state index in [-0.39, 0.29) is 29.3 Å². The molecule has 27 heavy (non-hydrogen) atoms. The zero-order valence-electron chi connectivity index (χ0n) is 14.6. The van der Waals surface area contributed by atoms with E-state index in [0.29, 0.717) is 35.5 Å². The van der Waals surface area contributed by atoms with Gasteiger partial charge in [0, 0.05) is 19.1 Å². The second kappa shape index (κ2) is 7.97. The van der Waals surface area contributed by atoms with Crippen LogP contribution in [0.3, 0.4) is 0 Å². The van der Waals surface area contributed by atoms with Gasteiger partial charge < -0.3 is 10.5 Å². The predicted molar refractivity (Wildman–Crippen MR) is 108 cm³/mol. The van der Waals surface area contributed by atoms with Crippen LogP contribution in [0.2, 0.25) is 5.02 Å². The lowest BCUT2D eigenvalue weighted by atomic mass is 9.98. The van der Waals surface area contributed by atoms with Gasteiger partial charge in [-0.15, -0.1) is 12.4 Å². The van der Waals surface area contributed by atoms with Crippen molar-refractivity contribution in [3.05, 3.63) is 53.6 Å². The molecule has 4 rings (SSSR count). The van der Waals surface area contributed by atoms with Crippen LogP contribution in [0.15, 0.2) is 53.4 Å². The smallest absolute Gasteiger partial charge is 0.243 e. The molecule has 2 aromatic carbocycles. The zero-order valence-corrected chi connectivity index (χ0v) is 17.0. The Labute approximate surface area is 170 Å². The minimum Gasteiger partial charge on any atom is -0.456 e. The summed E-state index contributed by atoms with van der Waals surface area (Å²) in [5.74, 6) is 1.75. The van der Waals surface area contributed by atoms with Crippen LogP contribution in [0, 0.1) is 11.8 Å². The molecular weight excluding hydrogens is 407 g/mol. The van der Waals surface area contributed by atoms with Crippen molar-refractivity contribution in [1.29, 1.82) is 0 Å². The Kier molecular flexibility index (Phi) is 6.03. The van der Waals surface area contributed by atoms with Crippen molar-refractivity contribution in [2.45, 2.75) is 23.8 Å². The van der Waals surface area contributed by atoms with Gasteiger partial charge >= 0.3 is 0 Å². The molecule has 0 amide bonds. The van der Waals surface area contributed by atoms with E-state index in [4.69, 9.17) is 22.1 Å². The van der Waals surface area contributed by atoms with Crippen molar-refractivity contribution in [3.8, 4) is 11.5 Å². The standard InChI is InChI=1S/C19H21ClN2O3S.ClH/c20-17-3-1-2-4-19(17)25-14-6-8-15(9-7-14)26(23,24)22-11-13-5-10-18(21)16(13)12-22;/h1-4,6-9,13,16,18H,5,10-12,21H2;1H. The van der Waals surface area contributed by atoms with Gasteiger partial charge in [0.25, 0.3) is 0 Å². The highest BCUT2D eigenvalue weighted by molar-refractivity contribution is 7.89. The second-order valence-electron chi connectivity index (χ2n) is 6.99. The van der Waals surface area contributed by atoms with Crippen LogP contribution in [-0.4, -0.2) is 31.9 Å². The van der Waals surface area contributed by atoms with E-state index in [2.05, 4.69) is 0 Å². The maximum absolute atomic E-state index is 12.9. The predicted octanol–water partition coefficient (Wildman–Crippen LogP) is 3.91. The number of sulfonamides is 1. The Morgan fingerprint density at radius 1 is 1.04 bits per heavy atom. The molecule has 0 bridgehead atoms. The molecule has 1 heterocycles. The van der Waals surface area contributed by atoms with E-state index in [1.807, 2.05) is 12.1 Å². The van der Waals surface area contributed by atoms with Crippen molar-refractivity contribution in [2.75, 3.05) is 13.1 Å². The maximum atomic E-state index is 12.9. The van der Waals surface area contributed by atoms with E-state index in [1.54, 1.807) is 40.7 Å². The summed E-state index contributed by atoms with van der Waals surface area (Å²) in [6.07, 6.45) is 2.01. The van der Waals surface area contributed by atoms with Crippen LogP contribution in [0.25, 0.3) is 0 Å². The molecule has 2 aliphatic rings. The molecule has 0 spiro atoms. The van der Waals surface area contributed by atoms with Gasteiger partial charge in [-0.2, -0.15) is 4.31 Å². The lowest BCUT2D eigenvalue weighted by Crippen LogP contribution is -2.33. The fourth-order valence-electron chi connectivity index (χ4n) is 3.95. The number of halogens is 2. The summed E-state index contributed by atoms with van der Waals surface area (Å²) < 4.78 is 33.1. The third kappa shape index (κ3) is 3.96. The quantitative estimate of drug-likeness (QED) is 0.800. The van der Waals surface area contributed by atoms with Gasteiger partial charge in [0.1, 0.15) is 11.5 Å². The van der Waals surface area contributed by atoms with E-state index >= 15 is 0 Å². The molecule has 1 saturated carbocycles. The van der Waals surface area contributed by atoms with E-state index in [9.17, 15) is 8.42 Å². The summed E-state index contributed by atoms with van der Waals surface area (Å²) in [5.41, 5.74) is 6.12. The average molecular weight is 429 g/mol. The maximum Gasteiger partial charge on any atom is 0.243 e. The number of ether oxygens (including phenoxy) is 1. The lowest BCUT2D eigenvalue weighted by Gasteiger charge is -2.19. The molecule has 8 heteroatoms. The number of fused-ring (bicyclic) bond motifs is 1. The monoisotopic (exact) mass is 428 g/mol. The highest BCUT2D eigenvalue weighted by Gasteiger charge is 2.45. The van der Waals surface area contributed by atoms with Crippen molar-refractivity contribution in [3.63, 3.8) is 0 Å². The first-order valence-electron chi connectivity index (χ1n) is 8.73. The van der Waals surface area contributed by atoms with Crippen LogP contribution in [-0.2, 0) is 10.0 Å². The molecule has 0 aromatic heterocycles. The summed E-state index contributed by atoms with van der Waals surface area (Å²) in [6, 6.07) is 13.7. The van der Waals surface area contributed by atoms with E-state index in [1.165, 1.54) is 0 Å². The first-order valence-corrected chi connectivity index (χ1v) is 10.5. The Bertz CT molecular complexity index is 905. The zero-order chi connectivity index (χ0) is 18.3. The van der Waals surface area contributed by atoms with Crippen LogP contribution in [0.5, 0.6) is 11.5 Å². The van der Waals surface area contributed by atoms with Crippen LogP contribution < -0.4 is 10.5 Å². The largest absolute Gasteiger partial charge is 0.456 e. The van der Waals surface area contributed by atoms with Gasteiger partial charge in [0.05, 0.1) is 9.92 Å². The number of hydrogen-bond donors (Lipinski definition) is 1. The summed E-state index contributed by atoms with van der Waals surface area (Å²) in [6.45, 7) is 1.09. The summed E-state index contributed by atoms with van der Waals surface area (Å²) in [7, 11) is -3.51. The molecule has 1 saturated heterocycles. The number of nitrogens with two attached hydrogens (primary N) is 1. The van der Waals surface area contributed by atoms with Crippen LogP contribution in [0.1, 0.15) is 12.8 Å². The van der Waals surface area contributed by atoms with Crippen LogP contribution in [0.4, 0.5) is 0 Å². The highest BCUT2D eigenvalue weighted by Crippen LogP contribution is 2.39. The van der Waals surface area contributed by atoms with Gasteiger partial charge in [-0.05, 0) is 61.1 Å². The third-order valence-electron chi connectivity index (χ3n) is 5.40. The highest BCUT2D eigenvalue weighted by atomic mass is 35.5. The average Bonchev–Trinajstić information content (AvgIpc) is 3.20. The SMILES string of the molecule is Cl.NC1CCC2CN(S(=O)(=O)c3ccc(Oc4ccccc4Cl)cc3)CC12. The number of nitrogens with zero attached hydrogens (tertiary/aromatic N) is 1. The number of benzene rings is 2. The summed E-state index contributed by atoms with van der Waals surface area (Å²) in [4.78, 5) is 0.276. The van der Waals surface area contributed by atoms with Gasteiger partial charge in [0.2, 0.25) is 10.0 Å². The van der Waals surface area contributed by atoms with Gasteiger partial charge in [-0.25, -0.2) is 8.42 Å². The summed E-state index contributed by atoms with van der Waals surface area (Å²) in [5, 5.41) is 0.504. The Hall–Kier alpha value is -1.31. The molecule has 1 aliphatic heterocycles. The fraction of sp³-hybridized carbons (Fsp3) is 0.368. The molecule has 2 fully saturated rings. The minimum atomic E-state index is -3.51. The minimum absolute atomic E-state index is 0. The van der Waals surface area contributed by atoms with E-state index in [0.717, 1.165) is 12.8 Å². The first-order chi connectivity index (χ1) is 12.4. The molecular formula is C19H22Cl2N2O3S. The van der Waals surface area contributed by atoms with Gasteiger partial charge in [0.15, 0.2) is 0 Å². The van der Waals surface area contributed by atoms with Crippen molar-refractivity contribution in [2.24, 2.45) is 17.6 Å². The Morgan fingerprint density at radius 3 is 2.41 bits per heavy atom. The first kappa shape index (κ1) is 20.4. The lowest BCUT2D eigenvalue weighted by molar-refractivity contribution is 0.427. The molecule has 3 atom stereocenters. The van der Waals surface area contributed by atoms with Crippen LogP contribution >= 0.6 is 24.0 Å². The fourth-order valence-corrected chi connectivity index (χ4v) is 5.65. The molecule has 5 nitrogen and oxygen atoms in total. The second-order valence-corrected chi connectivity index (χ2v) is 9.34. The molecule has 2 N–H and O–H groups in total. The summed E-state index contributed by atoms with van der Waals surface area (Å²) >= 11 is 6.08. The number of para-hydroxylation sites is 1. The molecule has 1 aliphatic carbocycles. The normalized spacial score (nSPS) is 25.0. The van der Waals surface area contributed by atoms with Gasteiger partial charge in [-0.1, -0.05) is 23.7 Å². The molecule has 3 unspecified atom stereocenters. The number of hydrogen-bond acceptors (Lipinski definition) is 4. The molecule has 0 radical (unpaired) electrons. The topological polar surface area (TPSA) is 72.6 Å². The van der Waals surface area contributed by atoms with E-state index < -0.39 is 10.0 Å². The molecule has 2 aromatic rings. The number of rotatable bonds is 4. The third-order valence-corrected chi connectivity index (χ3v) is 7.56. The van der Waals surface area contributed by atoms with Crippen molar-refractivity contribution < 1.29 is 13.2 Å². The molecule has 146 valence electrons. The Morgan fingerprint density at radius 2 is 1.74 bits per heavy atom.